The first-order valence-electron chi connectivity index (χ1n) is 7.89. The summed E-state index contributed by atoms with van der Waals surface area (Å²) < 4.78 is 0. The van der Waals surface area contributed by atoms with Crippen LogP contribution in [0.3, 0.4) is 0 Å². The quantitative estimate of drug-likeness (QED) is 0.858. The zero-order chi connectivity index (χ0) is 17.1. The number of aliphatic carboxylic acids is 1. The van der Waals surface area contributed by atoms with Gasteiger partial charge in [-0.2, -0.15) is 0 Å². The molecule has 0 atom stereocenters. The number of H-pyrrole nitrogens is 1. The number of carbonyl (C=O) groups excluding carboxylic acids is 1. The molecule has 0 bridgehead atoms. The van der Waals surface area contributed by atoms with E-state index in [9.17, 15) is 9.59 Å². The molecule has 0 spiro atoms. The van der Waals surface area contributed by atoms with Crippen molar-refractivity contribution in [1.29, 1.82) is 0 Å². The number of carboxylic acid groups (broad SMARTS) is 1. The molecule has 5 heteroatoms. The van der Waals surface area contributed by atoms with E-state index in [4.69, 9.17) is 5.11 Å². The van der Waals surface area contributed by atoms with Crippen LogP contribution in [0, 0.1) is 19.8 Å². The molecule has 1 amide bonds. The van der Waals surface area contributed by atoms with Gasteiger partial charge in [-0.3, -0.25) is 9.59 Å². The molecule has 0 aliphatic rings. The molecule has 2 N–H and O–H groups in total. The van der Waals surface area contributed by atoms with Crippen molar-refractivity contribution in [3.05, 3.63) is 35.0 Å². The summed E-state index contributed by atoms with van der Waals surface area (Å²) in [6.45, 7) is 8.87. The first-order chi connectivity index (χ1) is 10.8. The number of fused-ring (bicyclic) bond motifs is 1. The van der Waals surface area contributed by atoms with Gasteiger partial charge in [-0.25, -0.2) is 0 Å². The van der Waals surface area contributed by atoms with E-state index in [1.54, 1.807) is 4.90 Å². The lowest BCUT2D eigenvalue weighted by molar-refractivity contribution is -0.137. The molecule has 23 heavy (non-hydrogen) atoms. The van der Waals surface area contributed by atoms with Gasteiger partial charge in [-0.1, -0.05) is 19.9 Å². The standard InChI is InChI=1S/C18H24N2O3/c1-11(2)10-20(8-7-17(21)22)18(23)16-9-14-13(4)12(3)5-6-15(14)19-16/h5-6,9,11,19H,7-8,10H2,1-4H3,(H,21,22). The van der Waals surface area contributed by atoms with Crippen molar-refractivity contribution in [2.75, 3.05) is 13.1 Å². The molecule has 0 unspecified atom stereocenters. The molecule has 0 aliphatic heterocycles. The van der Waals surface area contributed by atoms with E-state index < -0.39 is 5.97 Å². The largest absolute Gasteiger partial charge is 0.481 e. The van der Waals surface area contributed by atoms with Crippen LogP contribution in [0.5, 0.6) is 0 Å². The van der Waals surface area contributed by atoms with Crippen molar-refractivity contribution in [2.45, 2.75) is 34.1 Å². The number of nitrogens with one attached hydrogen (secondary N) is 1. The van der Waals surface area contributed by atoms with Crippen LogP contribution in [0.15, 0.2) is 18.2 Å². The Morgan fingerprint density at radius 2 is 1.96 bits per heavy atom. The summed E-state index contributed by atoms with van der Waals surface area (Å²) in [5.74, 6) is -0.760. The maximum atomic E-state index is 12.8. The molecular weight excluding hydrogens is 292 g/mol. The summed E-state index contributed by atoms with van der Waals surface area (Å²) in [5, 5.41) is 9.92. The number of hydrogen-bond acceptors (Lipinski definition) is 2. The van der Waals surface area contributed by atoms with Crippen LogP contribution >= 0.6 is 0 Å². The molecule has 0 saturated heterocycles. The Kier molecular flexibility index (Phi) is 5.08. The number of amides is 1. The Bertz CT molecular complexity index is 731. The van der Waals surface area contributed by atoms with Gasteiger partial charge in [0.25, 0.3) is 5.91 Å². The fourth-order valence-corrected chi connectivity index (χ4v) is 2.69. The Hall–Kier alpha value is -2.30. The maximum absolute atomic E-state index is 12.8. The monoisotopic (exact) mass is 316 g/mol. The van der Waals surface area contributed by atoms with Crippen LogP contribution in [0.4, 0.5) is 0 Å². The number of benzene rings is 1. The molecular formula is C18H24N2O3. The second kappa shape index (κ2) is 6.86. The second-order valence-corrected chi connectivity index (χ2v) is 6.44. The Morgan fingerprint density at radius 1 is 1.26 bits per heavy atom. The molecule has 0 fully saturated rings. The molecule has 2 rings (SSSR count). The highest BCUT2D eigenvalue weighted by Gasteiger charge is 2.20. The zero-order valence-electron chi connectivity index (χ0n) is 14.1. The number of nitrogens with zero attached hydrogens (tertiary/aromatic N) is 1. The van der Waals surface area contributed by atoms with Gasteiger partial charge in [0.15, 0.2) is 0 Å². The molecule has 0 saturated carbocycles. The predicted octanol–water partition coefficient (Wildman–Crippen LogP) is 3.36. The summed E-state index contributed by atoms with van der Waals surface area (Å²) in [6, 6.07) is 5.87. The third-order valence-electron chi connectivity index (χ3n) is 4.04. The van der Waals surface area contributed by atoms with Crippen molar-refractivity contribution < 1.29 is 14.7 Å². The Balaban J connectivity index is 2.31. The van der Waals surface area contributed by atoms with E-state index >= 15 is 0 Å². The number of aromatic nitrogens is 1. The summed E-state index contributed by atoms with van der Waals surface area (Å²) >= 11 is 0. The topological polar surface area (TPSA) is 73.4 Å². The predicted molar refractivity (Wildman–Crippen MR) is 90.8 cm³/mol. The van der Waals surface area contributed by atoms with Crippen molar-refractivity contribution in [3.63, 3.8) is 0 Å². The minimum Gasteiger partial charge on any atom is -0.481 e. The van der Waals surface area contributed by atoms with Crippen LogP contribution in [0.1, 0.15) is 41.9 Å². The van der Waals surface area contributed by atoms with Gasteiger partial charge in [0, 0.05) is 24.0 Å². The van der Waals surface area contributed by atoms with Crippen LogP contribution in [0.25, 0.3) is 10.9 Å². The summed E-state index contributed by atoms with van der Waals surface area (Å²) in [4.78, 5) is 28.4. The number of aryl methyl sites for hydroxylation is 2. The van der Waals surface area contributed by atoms with Gasteiger partial charge in [-0.05, 0) is 43.0 Å². The number of hydrogen-bond donors (Lipinski definition) is 2. The van der Waals surface area contributed by atoms with Crippen LogP contribution in [-0.4, -0.2) is 40.0 Å². The van der Waals surface area contributed by atoms with Gasteiger partial charge >= 0.3 is 5.97 Å². The minimum absolute atomic E-state index is 0.0448. The van der Waals surface area contributed by atoms with Gasteiger partial charge < -0.3 is 15.0 Å². The maximum Gasteiger partial charge on any atom is 0.305 e. The molecule has 0 radical (unpaired) electrons. The van der Waals surface area contributed by atoms with Gasteiger partial charge in [0.2, 0.25) is 0 Å². The van der Waals surface area contributed by atoms with E-state index in [1.807, 2.05) is 45.9 Å². The molecule has 1 aromatic carbocycles. The normalized spacial score (nSPS) is 11.2. The summed E-state index contributed by atoms with van der Waals surface area (Å²) in [6.07, 6.45) is -0.0448. The van der Waals surface area contributed by atoms with Crippen molar-refractivity contribution >= 4 is 22.8 Å². The highest BCUT2D eigenvalue weighted by atomic mass is 16.4. The molecule has 124 valence electrons. The SMILES string of the molecule is Cc1ccc2[nH]c(C(=O)N(CCC(=O)O)CC(C)C)cc2c1C. The molecule has 5 nitrogen and oxygen atoms in total. The zero-order valence-corrected chi connectivity index (χ0v) is 14.1. The third-order valence-corrected chi connectivity index (χ3v) is 4.04. The number of carbonyl (C=O) groups is 2. The fourth-order valence-electron chi connectivity index (χ4n) is 2.69. The fraction of sp³-hybridized carbons (Fsp3) is 0.444. The van der Waals surface area contributed by atoms with Crippen LogP contribution in [-0.2, 0) is 4.79 Å². The first kappa shape index (κ1) is 17.1. The van der Waals surface area contributed by atoms with Crippen molar-refractivity contribution in [3.8, 4) is 0 Å². The van der Waals surface area contributed by atoms with E-state index in [0.717, 1.165) is 16.5 Å². The number of aromatic amines is 1. The van der Waals surface area contributed by atoms with Crippen LogP contribution < -0.4 is 0 Å². The third kappa shape index (κ3) is 3.92. The lowest BCUT2D eigenvalue weighted by Crippen LogP contribution is -2.36. The lowest BCUT2D eigenvalue weighted by Gasteiger charge is -2.23. The van der Waals surface area contributed by atoms with E-state index in [-0.39, 0.29) is 24.8 Å². The van der Waals surface area contributed by atoms with Gasteiger partial charge in [-0.15, -0.1) is 0 Å². The molecule has 0 aliphatic carbocycles. The highest BCUT2D eigenvalue weighted by molar-refractivity contribution is 5.99. The lowest BCUT2D eigenvalue weighted by atomic mass is 10.1. The van der Waals surface area contributed by atoms with E-state index in [2.05, 4.69) is 4.98 Å². The molecule has 1 heterocycles. The number of carboxylic acids is 1. The average Bonchev–Trinajstić information content (AvgIpc) is 2.91. The van der Waals surface area contributed by atoms with Gasteiger partial charge in [0.1, 0.15) is 5.69 Å². The smallest absolute Gasteiger partial charge is 0.305 e. The van der Waals surface area contributed by atoms with Crippen molar-refractivity contribution in [1.82, 2.24) is 9.88 Å². The minimum atomic E-state index is -0.894. The summed E-state index contributed by atoms with van der Waals surface area (Å²) in [5.41, 5.74) is 3.78. The van der Waals surface area contributed by atoms with Crippen molar-refractivity contribution in [2.24, 2.45) is 5.92 Å². The Morgan fingerprint density at radius 3 is 2.57 bits per heavy atom. The molecule has 2 aromatic rings. The number of rotatable bonds is 6. The first-order valence-corrected chi connectivity index (χ1v) is 7.89. The second-order valence-electron chi connectivity index (χ2n) is 6.44. The van der Waals surface area contributed by atoms with E-state index in [1.165, 1.54) is 5.56 Å². The average molecular weight is 316 g/mol. The Labute approximate surface area is 136 Å². The molecule has 1 aromatic heterocycles. The van der Waals surface area contributed by atoms with Gasteiger partial charge in [0.05, 0.1) is 6.42 Å². The highest BCUT2D eigenvalue weighted by Crippen LogP contribution is 2.23. The van der Waals surface area contributed by atoms with Crippen LogP contribution in [0.2, 0.25) is 0 Å². The van der Waals surface area contributed by atoms with E-state index in [0.29, 0.717) is 12.2 Å². The summed E-state index contributed by atoms with van der Waals surface area (Å²) in [7, 11) is 0.